The van der Waals surface area contributed by atoms with Crippen molar-refractivity contribution < 1.29 is 19.2 Å². The van der Waals surface area contributed by atoms with Crippen LogP contribution < -0.4 is 10.6 Å². The number of aryl methyl sites for hydroxylation is 2. The molecular weight excluding hydrogens is 542 g/mol. The van der Waals surface area contributed by atoms with Crippen molar-refractivity contribution >= 4 is 34.5 Å². The number of carbonyl (C=O) groups excluding carboxylic acids is 4. The Hall–Kier alpha value is -4.92. The van der Waals surface area contributed by atoms with Crippen LogP contribution in [-0.2, 0) is 38.6 Å². The number of para-hydroxylation sites is 1. The van der Waals surface area contributed by atoms with Gasteiger partial charge >= 0.3 is 0 Å². The third kappa shape index (κ3) is 7.12. The van der Waals surface area contributed by atoms with Gasteiger partial charge in [0.2, 0.25) is 23.6 Å². The number of aromatic amines is 1. The number of aromatic nitrogens is 1. The maximum Gasteiger partial charge on any atom is 0.246 e. The van der Waals surface area contributed by atoms with E-state index in [9.17, 15) is 19.2 Å². The summed E-state index contributed by atoms with van der Waals surface area (Å²) >= 11 is 0. The molecule has 1 aliphatic heterocycles. The van der Waals surface area contributed by atoms with E-state index in [2.05, 4.69) is 21.7 Å². The zero-order valence-electron chi connectivity index (χ0n) is 24.7. The first-order chi connectivity index (χ1) is 20.7. The Morgan fingerprint density at radius 3 is 2.49 bits per heavy atom. The summed E-state index contributed by atoms with van der Waals surface area (Å²) in [5.74, 6) is -1.40. The van der Waals surface area contributed by atoms with Crippen molar-refractivity contribution in [2.75, 3.05) is 20.1 Å². The van der Waals surface area contributed by atoms with Gasteiger partial charge in [-0.25, -0.2) is 0 Å². The molecule has 222 valence electrons. The van der Waals surface area contributed by atoms with Crippen molar-refractivity contribution in [1.82, 2.24) is 25.4 Å². The summed E-state index contributed by atoms with van der Waals surface area (Å²) in [6.45, 7) is 3.92. The fraction of sp³-hybridized carbons (Fsp3) is 0.294. The summed E-state index contributed by atoms with van der Waals surface area (Å²) in [6, 6.07) is 21.7. The maximum atomic E-state index is 13.8. The third-order valence-corrected chi connectivity index (χ3v) is 8.00. The summed E-state index contributed by atoms with van der Waals surface area (Å²) in [6.07, 6.45) is 2.44. The van der Waals surface area contributed by atoms with Crippen LogP contribution in [0.4, 0.5) is 0 Å². The number of carbonyl (C=O) groups is 4. The maximum absolute atomic E-state index is 13.8. The Morgan fingerprint density at radius 1 is 0.977 bits per heavy atom. The van der Waals surface area contributed by atoms with Crippen LogP contribution in [0.3, 0.4) is 0 Å². The van der Waals surface area contributed by atoms with E-state index in [0.717, 1.165) is 33.2 Å². The second kappa shape index (κ2) is 12.9. The molecule has 0 spiro atoms. The lowest BCUT2D eigenvalue weighted by molar-refractivity contribution is -0.146. The molecule has 1 fully saturated rings. The van der Waals surface area contributed by atoms with Gasteiger partial charge in [0.05, 0.1) is 0 Å². The number of benzene rings is 3. The molecule has 4 amide bonds. The summed E-state index contributed by atoms with van der Waals surface area (Å²) in [5, 5.41) is 6.60. The minimum atomic E-state index is -0.878. The van der Waals surface area contributed by atoms with Gasteiger partial charge in [-0.3, -0.25) is 19.2 Å². The summed E-state index contributed by atoms with van der Waals surface area (Å²) in [4.78, 5) is 59.0. The zero-order valence-corrected chi connectivity index (χ0v) is 24.7. The first-order valence-electron chi connectivity index (χ1n) is 14.5. The molecule has 5 rings (SSSR count). The largest absolute Gasteiger partial charge is 0.361 e. The highest BCUT2D eigenvalue weighted by Gasteiger charge is 2.34. The number of piperazine rings is 1. The molecule has 1 saturated heterocycles. The molecule has 1 aromatic heterocycles. The lowest BCUT2D eigenvalue weighted by atomic mass is 10.0. The van der Waals surface area contributed by atoms with Crippen LogP contribution >= 0.6 is 0 Å². The lowest BCUT2D eigenvalue weighted by Crippen LogP contribution is -2.61. The van der Waals surface area contributed by atoms with Crippen molar-refractivity contribution in [3.8, 4) is 0 Å². The smallest absolute Gasteiger partial charge is 0.246 e. The Kier molecular flexibility index (Phi) is 8.90. The van der Waals surface area contributed by atoms with Crippen LogP contribution in [0.25, 0.3) is 10.9 Å². The Morgan fingerprint density at radius 2 is 1.72 bits per heavy atom. The molecule has 2 atom stereocenters. The van der Waals surface area contributed by atoms with Gasteiger partial charge in [0.1, 0.15) is 25.2 Å². The zero-order chi connectivity index (χ0) is 30.5. The van der Waals surface area contributed by atoms with Crippen LogP contribution in [0.15, 0.2) is 79.0 Å². The second-order valence-corrected chi connectivity index (χ2v) is 11.3. The van der Waals surface area contributed by atoms with E-state index in [4.69, 9.17) is 0 Å². The van der Waals surface area contributed by atoms with Gasteiger partial charge in [-0.05, 0) is 47.7 Å². The van der Waals surface area contributed by atoms with Crippen LogP contribution in [0, 0.1) is 13.8 Å². The van der Waals surface area contributed by atoms with Gasteiger partial charge in [0, 0.05) is 43.5 Å². The molecular formula is C34H37N5O4. The highest BCUT2D eigenvalue weighted by Crippen LogP contribution is 2.20. The number of fused-ring (bicyclic) bond motifs is 1. The van der Waals surface area contributed by atoms with Gasteiger partial charge in [-0.2, -0.15) is 0 Å². The molecule has 2 heterocycles. The average molecular weight is 580 g/mol. The van der Waals surface area contributed by atoms with Gasteiger partial charge in [0.15, 0.2) is 0 Å². The van der Waals surface area contributed by atoms with Crippen molar-refractivity contribution in [2.45, 2.75) is 45.3 Å². The molecule has 4 aromatic rings. The van der Waals surface area contributed by atoms with Crippen LogP contribution in [0.5, 0.6) is 0 Å². The SMILES string of the molecule is Cc1ccc(CN(C)C(=O)C(Cc2c[nH]c3ccccc23)NC(=O)CN2CC(=O)NC(Cc3ccccc3)C2=O)cc1C. The molecule has 0 bridgehead atoms. The van der Waals surface area contributed by atoms with E-state index in [0.29, 0.717) is 13.0 Å². The van der Waals surface area contributed by atoms with E-state index in [1.165, 1.54) is 10.5 Å². The van der Waals surface area contributed by atoms with Crippen molar-refractivity contribution in [2.24, 2.45) is 0 Å². The molecule has 3 N–H and O–H groups in total. The van der Waals surface area contributed by atoms with Gasteiger partial charge < -0.3 is 25.4 Å². The number of nitrogens with one attached hydrogen (secondary N) is 3. The molecule has 0 radical (unpaired) electrons. The molecule has 2 unspecified atom stereocenters. The first kappa shape index (κ1) is 29.6. The monoisotopic (exact) mass is 579 g/mol. The van der Waals surface area contributed by atoms with E-state index in [-0.39, 0.29) is 37.2 Å². The predicted octanol–water partition coefficient (Wildman–Crippen LogP) is 3.04. The minimum Gasteiger partial charge on any atom is -0.361 e. The number of hydrogen-bond donors (Lipinski definition) is 3. The van der Waals surface area contributed by atoms with Gasteiger partial charge in [0.25, 0.3) is 0 Å². The Balaban J connectivity index is 1.32. The number of nitrogens with zero attached hydrogens (tertiary/aromatic N) is 2. The quantitative estimate of drug-likeness (QED) is 0.268. The average Bonchev–Trinajstić information content (AvgIpc) is 3.40. The van der Waals surface area contributed by atoms with Gasteiger partial charge in [-0.1, -0.05) is 66.7 Å². The second-order valence-electron chi connectivity index (χ2n) is 11.3. The number of H-pyrrole nitrogens is 1. The molecule has 0 saturated carbocycles. The Labute approximate surface area is 251 Å². The van der Waals surface area contributed by atoms with Crippen LogP contribution in [0.2, 0.25) is 0 Å². The fourth-order valence-corrected chi connectivity index (χ4v) is 5.55. The summed E-state index contributed by atoms with van der Waals surface area (Å²) < 4.78 is 0. The molecule has 0 aliphatic carbocycles. The number of hydrogen-bond acceptors (Lipinski definition) is 4. The molecule has 9 nitrogen and oxygen atoms in total. The van der Waals surface area contributed by atoms with E-state index in [1.807, 2.05) is 86.8 Å². The molecule has 3 aromatic carbocycles. The fourth-order valence-electron chi connectivity index (χ4n) is 5.55. The number of rotatable bonds is 10. The van der Waals surface area contributed by atoms with Crippen LogP contribution in [-0.4, -0.2) is 70.6 Å². The first-order valence-corrected chi connectivity index (χ1v) is 14.5. The third-order valence-electron chi connectivity index (χ3n) is 8.00. The number of likely N-dealkylation sites (N-methyl/N-ethyl adjacent to an activating group) is 1. The summed E-state index contributed by atoms with van der Waals surface area (Å²) in [7, 11) is 1.72. The van der Waals surface area contributed by atoms with Crippen molar-refractivity contribution in [3.05, 3.63) is 107 Å². The van der Waals surface area contributed by atoms with E-state index >= 15 is 0 Å². The normalized spacial score (nSPS) is 15.7. The number of amides is 4. The molecule has 1 aliphatic rings. The molecule has 43 heavy (non-hydrogen) atoms. The van der Waals surface area contributed by atoms with Gasteiger partial charge in [-0.15, -0.1) is 0 Å². The predicted molar refractivity (Wildman–Crippen MR) is 165 cm³/mol. The highest BCUT2D eigenvalue weighted by atomic mass is 16.2. The van der Waals surface area contributed by atoms with Crippen LogP contribution in [0.1, 0.15) is 27.8 Å². The molecule has 9 heteroatoms. The standard InChI is InChI=1S/C34H37N5O4/c1-22-13-14-25(15-23(22)2)19-38(3)33(42)30(17-26-18-35-28-12-8-7-11-27(26)28)37-32(41)21-39-20-31(40)36-29(34(39)43)16-24-9-5-4-6-10-24/h4-15,18,29-30,35H,16-17,19-21H2,1-3H3,(H,36,40)(H,37,41). The summed E-state index contributed by atoms with van der Waals surface area (Å²) in [5.41, 5.74) is 6.05. The topological polar surface area (TPSA) is 115 Å². The lowest BCUT2D eigenvalue weighted by Gasteiger charge is -2.32. The van der Waals surface area contributed by atoms with E-state index < -0.39 is 18.0 Å². The van der Waals surface area contributed by atoms with E-state index in [1.54, 1.807) is 11.9 Å². The van der Waals surface area contributed by atoms with Crippen molar-refractivity contribution in [3.63, 3.8) is 0 Å². The minimum absolute atomic E-state index is 0.217. The van der Waals surface area contributed by atoms with Crippen molar-refractivity contribution in [1.29, 1.82) is 0 Å². The Bertz CT molecular complexity index is 1650. The highest BCUT2D eigenvalue weighted by molar-refractivity contribution is 5.98.